The summed E-state index contributed by atoms with van der Waals surface area (Å²) in [6, 6.07) is 3.12. The van der Waals surface area contributed by atoms with Crippen molar-refractivity contribution >= 4 is 23.1 Å². The summed E-state index contributed by atoms with van der Waals surface area (Å²) >= 11 is 0. The van der Waals surface area contributed by atoms with Crippen molar-refractivity contribution in [1.82, 2.24) is 29.9 Å². The van der Waals surface area contributed by atoms with Gasteiger partial charge in [-0.1, -0.05) is 12.5 Å². The third-order valence-electron chi connectivity index (χ3n) is 8.64. The van der Waals surface area contributed by atoms with Crippen LogP contribution in [0.5, 0.6) is 0 Å². The number of alkyl halides is 3. The van der Waals surface area contributed by atoms with Crippen LogP contribution < -0.4 is 10.6 Å². The fourth-order valence-electron chi connectivity index (χ4n) is 5.78. The van der Waals surface area contributed by atoms with Crippen molar-refractivity contribution in [2.75, 3.05) is 31.5 Å². The molecule has 44 heavy (non-hydrogen) atoms. The number of rotatable bonds is 7. The van der Waals surface area contributed by atoms with Gasteiger partial charge in [0.2, 0.25) is 0 Å². The first-order chi connectivity index (χ1) is 21.0. The predicted octanol–water partition coefficient (Wildman–Crippen LogP) is 5.52. The van der Waals surface area contributed by atoms with Crippen LogP contribution in [0.15, 0.2) is 65.5 Å². The van der Waals surface area contributed by atoms with Gasteiger partial charge in [-0.2, -0.15) is 23.5 Å². The number of nitrogens with one attached hydrogen (secondary N) is 2. The van der Waals surface area contributed by atoms with Gasteiger partial charge in [0.1, 0.15) is 11.4 Å². The van der Waals surface area contributed by atoms with Crippen LogP contribution in [-0.4, -0.2) is 68.7 Å². The van der Waals surface area contributed by atoms with E-state index < -0.39 is 23.3 Å². The van der Waals surface area contributed by atoms with Crippen molar-refractivity contribution in [3.63, 3.8) is 0 Å². The Balaban J connectivity index is 1.21. The van der Waals surface area contributed by atoms with Gasteiger partial charge in [-0.15, -0.1) is 0 Å². The Labute approximate surface area is 254 Å². The maximum Gasteiger partial charge on any atom is 0.419 e. The van der Waals surface area contributed by atoms with Crippen molar-refractivity contribution in [2.24, 2.45) is 4.99 Å². The number of aliphatic imine (C=N–C) groups is 1. The molecular weight excluding hydrogens is 571 g/mol. The maximum absolute atomic E-state index is 13.3. The molecule has 0 saturated carbocycles. The molecule has 10 nitrogen and oxygen atoms in total. The van der Waals surface area contributed by atoms with Gasteiger partial charge in [-0.25, -0.2) is 9.79 Å². The lowest BCUT2D eigenvalue weighted by atomic mass is 9.84. The highest BCUT2D eigenvalue weighted by Crippen LogP contribution is 2.37. The first-order valence-corrected chi connectivity index (χ1v) is 14.7. The predicted molar refractivity (Wildman–Crippen MR) is 161 cm³/mol. The molecule has 0 aromatic carbocycles. The van der Waals surface area contributed by atoms with E-state index in [1.165, 1.54) is 11.8 Å². The summed E-state index contributed by atoms with van der Waals surface area (Å²) in [5.74, 6) is 0.784. The quantitative estimate of drug-likeness (QED) is 0.429. The molecule has 2 saturated heterocycles. The fraction of sp³-hybridized carbons (Fsp3) is 0.452. The SMILES string of the molecule is CC/C(C)=C/N=C1\NC=C\C1=C(\C)c1cnn(C2(CC#N)CN(C3CCN(C(=O)Nc4ccncc4C(F)(F)F)CC3)C2)c1. The van der Waals surface area contributed by atoms with E-state index in [4.69, 9.17) is 0 Å². The minimum atomic E-state index is -4.62. The van der Waals surface area contributed by atoms with Gasteiger partial charge in [-0.3, -0.25) is 14.6 Å². The van der Waals surface area contributed by atoms with E-state index in [9.17, 15) is 23.2 Å². The first kappa shape index (κ1) is 31.0. The van der Waals surface area contributed by atoms with Gasteiger partial charge in [0.05, 0.1) is 29.9 Å². The second-order valence-electron chi connectivity index (χ2n) is 11.5. The Hall–Kier alpha value is -4.44. The molecule has 0 unspecified atom stereocenters. The smallest absolute Gasteiger partial charge is 0.346 e. The molecule has 2 aromatic heterocycles. The number of anilines is 1. The zero-order valence-corrected chi connectivity index (χ0v) is 25.0. The third-order valence-corrected chi connectivity index (χ3v) is 8.64. The zero-order chi connectivity index (χ0) is 31.5. The molecule has 0 aliphatic carbocycles. The number of hydrogen-bond acceptors (Lipinski definition) is 6. The van der Waals surface area contributed by atoms with E-state index in [2.05, 4.69) is 43.6 Å². The van der Waals surface area contributed by atoms with E-state index in [0.717, 1.165) is 35.0 Å². The number of amides is 2. The minimum absolute atomic E-state index is 0.199. The maximum atomic E-state index is 13.3. The first-order valence-electron chi connectivity index (χ1n) is 14.7. The van der Waals surface area contributed by atoms with Gasteiger partial charge < -0.3 is 15.5 Å². The van der Waals surface area contributed by atoms with Crippen LogP contribution in [0.1, 0.15) is 57.6 Å². The minimum Gasteiger partial charge on any atom is -0.346 e. The molecule has 0 spiro atoms. The third kappa shape index (κ3) is 6.40. The molecule has 5 rings (SSSR count). The summed E-state index contributed by atoms with van der Waals surface area (Å²) in [6.45, 7) is 8.30. The van der Waals surface area contributed by atoms with Gasteiger partial charge in [0, 0.05) is 74.3 Å². The van der Waals surface area contributed by atoms with Crippen LogP contribution in [0.3, 0.4) is 0 Å². The van der Waals surface area contributed by atoms with E-state index in [0.29, 0.717) is 51.6 Å². The summed E-state index contributed by atoms with van der Waals surface area (Å²) in [7, 11) is 0. The van der Waals surface area contributed by atoms with Crippen molar-refractivity contribution in [1.29, 1.82) is 5.26 Å². The molecule has 2 N–H and O–H groups in total. The number of piperidine rings is 1. The number of nitriles is 1. The lowest BCUT2D eigenvalue weighted by molar-refractivity contribution is -0.137. The lowest BCUT2D eigenvalue weighted by Gasteiger charge is -2.53. The Morgan fingerprint density at radius 1 is 1.27 bits per heavy atom. The highest BCUT2D eigenvalue weighted by Gasteiger charge is 2.48. The van der Waals surface area contributed by atoms with E-state index in [-0.39, 0.29) is 11.7 Å². The summed E-state index contributed by atoms with van der Waals surface area (Å²) < 4.78 is 41.8. The van der Waals surface area contributed by atoms with Crippen molar-refractivity contribution in [3.05, 3.63) is 71.6 Å². The second-order valence-corrected chi connectivity index (χ2v) is 11.5. The standard InChI is InChI=1S/C31H36F3N9O/c1-4-21(2)15-38-28-25(5-12-37-28)22(3)23-16-39-43(18-23)30(9-10-35)19-42(20-30)24-7-13-41(14-8-24)29(44)40-27-6-11-36-17-26(27)31(32,33)34/h5-6,11-12,15-18,24H,4,7-9,13-14,19-20H2,1-3H3,(H,37,38)(H,36,40,44)/b21-15+,25-22+. The van der Waals surface area contributed by atoms with Crippen LogP contribution in [-0.2, 0) is 11.7 Å². The number of pyridine rings is 1. The van der Waals surface area contributed by atoms with Crippen LogP contribution in [0.25, 0.3) is 5.57 Å². The molecule has 0 radical (unpaired) electrons. The molecule has 13 heteroatoms. The lowest BCUT2D eigenvalue weighted by Crippen LogP contribution is -2.66. The van der Waals surface area contributed by atoms with E-state index in [1.807, 2.05) is 49.4 Å². The largest absolute Gasteiger partial charge is 0.419 e. The molecule has 5 heterocycles. The molecule has 2 fully saturated rings. The highest BCUT2D eigenvalue weighted by atomic mass is 19.4. The number of allylic oxidation sites excluding steroid dienone is 2. The van der Waals surface area contributed by atoms with Crippen LogP contribution in [0, 0.1) is 11.3 Å². The van der Waals surface area contributed by atoms with E-state index in [1.54, 1.807) is 4.90 Å². The highest BCUT2D eigenvalue weighted by molar-refractivity contribution is 6.09. The number of aromatic nitrogens is 3. The number of amidine groups is 1. The van der Waals surface area contributed by atoms with E-state index >= 15 is 0 Å². The number of halogens is 3. The molecule has 0 bridgehead atoms. The number of carbonyl (C=O) groups excluding carboxylic acids is 1. The number of nitrogens with zero attached hydrogens (tertiary/aromatic N) is 7. The number of urea groups is 1. The van der Waals surface area contributed by atoms with Crippen LogP contribution in [0.2, 0.25) is 0 Å². The Morgan fingerprint density at radius 3 is 2.70 bits per heavy atom. The monoisotopic (exact) mass is 607 g/mol. The van der Waals surface area contributed by atoms with Crippen molar-refractivity contribution in [3.8, 4) is 6.07 Å². The topological polar surface area (TPSA) is 114 Å². The van der Waals surface area contributed by atoms with Crippen LogP contribution >= 0.6 is 0 Å². The Morgan fingerprint density at radius 2 is 2.02 bits per heavy atom. The molecule has 2 amide bonds. The number of likely N-dealkylation sites (tertiary alicyclic amines) is 2. The van der Waals surface area contributed by atoms with Gasteiger partial charge in [-0.05, 0) is 50.8 Å². The van der Waals surface area contributed by atoms with Crippen LogP contribution in [0.4, 0.5) is 23.7 Å². The average Bonchev–Trinajstić information content (AvgIpc) is 3.68. The Kier molecular flexibility index (Phi) is 8.92. The molecule has 0 atom stereocenters. The number of hydrogen-bond donors (Lipinski definition) is 2. The zero-order valence-electron chi connectivity index (χ0n) is 25.0. The molecule has 3 aliphatic rings. The summed E-state index contributed by atoms with van der Waals surface area (Å²) in [4.78, 5) is 24.8. The van der Waals surface area contributed by atoms with Crippen molar-refractivity contribution < 1.29 is 18.0 Å². The normalized spacial score (nSPS) is 21.2. The summed E-state index contributed by atoms with van der Waals surface area (Å²) in [6.07, 6.45) is 9.47. The Bertz CT molecular complexity index is 1550. The van der Waals surface area contributed by atoms with Gasteiger partial charge in [0.25, 0.3) is 0 Å². The summed E-state index contributed by atoms with van der Waals surface area (Å²) in [5.41, 5.74) is 2.42. The van der Waals surface area contributed by atoms with Gasteiger partial charge in [0.15, 0.2) is 0 Å². The molecule has 2 aromatic rings. The second kappa shape index (κ2) is 12.7. The molecule has 3 aliphatic heterocycles. The fourth-order valence-corrected chi connectivity index (χ4v) is 5.78. The van der Waals surface area contributed by atoms with Crippen molar-refractivity contribution in [2.45, 2.75) is 64.2 Å². The summed E-state index contributed by atoms with van der Waals surface area (Å²) in [5, 5.41) is 20.0. The molecular formula is C31H36F3N9O. The van der Waals surface area contributed by atoms with Gasteiger partial charge >= 0.3 is 12.2 Å². The number of carbonyl (C=O) groups is 1. The molecule has 232 valence electrons. The average molecular weight is 608 g/mol.